The molecule has 5 nitrogen and oxygen atoms in total. The number of carboxylic acid groups (broad SMARTS) is 1. The molecule has 0 radical (unpaired) electrons. The summed E-state index contributed by atoms with van der Waals surface area (Å²) in [6.45, 7) is 0. The van der Waals surface area contributed by atoms with Gasteiger partial charge in [0.05, 0.1) is 6.42 Å². The van der Waals surface area contributed by atoms with Crippen molar-refractivity contribution >= 4 is 13.3 Å². The minimum absolute atomic E-state index is 0.115. The maximum absolute atomic E-state index is 11.6. The normalized spacial score (nSPS) is 14.3. The number of aryl methyl sites for hydroxylation is 1. The fourth-order valence-electron chi connectivity index (χ4n) is 1.24. The van der Waals surface area contributed by atoms with Gasteiger partial charge in [-0.3, -0.25) is 14.3 Å². The molecule has 16 heavy (non-hydrogen) atoms. The number of nitrogens with zero attached hydrogens (tertiary/aromatic N) is 1. The zero-order valence-electron chi connectivity index (χ0n) is 8.74. The lowest BCUT2D eigenvalue weighted by Crippen LogP contribution is -2.03. The summed E-state index contributed by atoms with van der Waals surface area (Å²) in [6, 6.07) is 3.55. The van der Waals surface area contributed by atoms with E-state index in [1.165, 1.54) is 0 Å². The molecule has 2 N–H and O–H groups in total. The van der Waals surface area contributed by atoms with Crippen LogP contribution in [-0.2, 0) is 15.8 Å². The van der Waals surface area contributed by atoms with E-state index < -0.39 is 13.3 Å². The van der Waals surface area contributed by atoms with Gasteiger partial charge in [0, 0.05) is 24.7 Å². The molecule has 1 unspecified atom stereocenters. The first-order valence-corrected chi connectivity index (χ1v) is 6.94. The highest BCUT2D eigenvalue weighted by atomic mass is 31.2. The van der Waals surface area contributed by atoms with Gasteiger partial charge in [0.15, 0.2) is 0 Å². The third-order valence-electron chi connectivity index (χ3n) is 2.17. The van der Waals surface area contributed by atoms with Crippen LogP contribution in [0.15, 0.2) is 24.5 Å². The Morgan fingerprint density at radius 3 is 2.50 bits per heavy atom. The van der Waals surface area contributed by atoms with Crippen LogP contribution in [0.3, 0.4) is 0 Å². The summed E-state index contributed by atoms with van der Waals surface area (Å²) in [4.78, 5) is 23.6. The standard InChI is InChI=1S/C10H14NO4P/c12-10(13)4-8-16(14,15)7-3-9-1-5-11-6-2-9/h1-2,5-6H,3-4,7-8H2,(H,12,13)(H,14,15). The zero-order chi connectivity index (χ0) is 12.0. The van der Waals surface area contributed by atoms with Crippen LogP contribution in [0, 0.1) is 0 Å². The Hall–Kier alpha value is -1.19. The minimum atomic E-state index is -3.31. The Morgan fingerprint density at radius 1 is 1.31 bits per heavy atom. The van der Waals surface area contributed by atoms with Crippen LogP contribution in [-0.4, -0.2) is 33.3 Å². The number of hydrogen-bond acceptors (Lipinski definition) is 3. The lowest BCUT2D eigenvalue weighted by Gasteiger charge is -2.09. The second-order valence-corrected chi connectivity index (χ2v) is 6.13. The molecule has 0 bridgehead atoms. The molecule has 0 saturated carbocycles. The molecule has 1 heterocycles. The van der Waals surface area contributed by atoms with Crippen LogP contribution in [0.2, 0.25) is 0 Å². The second kappa shape index (κ2) is 5.77. The Balaban J connectivity index is 2.42. The van der Waals surface area contributed by atoms with Crippen LogP contribution < -0.4 is 0 Å². The van der Waals surface area contributed by atoms with Gasteiger partial charge in [0.1, 0.15) is 0 Å². The molecule has 1 rings (SSSR count). The Labute approximate surface area is 93.6 Å². The smallest absolute Gasteiger partial charge is 0.303 e. The predicted octanol–water partition coefficient (Wildman–Crippen LogP) is 1.37. The van der Waals surface area contributed by atoms with Crippen LogP contribution >= 0.6 is 7.37 Å². The average molecular weight is 243 g/mol. The van der Waals surface area contributed by atoms with Gasteiger partial charge in [-0.05, 0) is 24.1 Å². The molecule has 1 atom stereocenters. The largest absolute Gasteiger partial charge is 0.481 e. The molecular formula is C10H14NO4P. The van der Waals surface area contributed by atoms with E-state index in [1.54, 1.807) is 24.5 Å². The zero-order valence-corrected chi connectivity index (χ0v) is 9.64. The highest BCUT2D eigenvalue weighted by Gasteiger charge is 2.19. The van der Waals surface area contributed by atoms with E-state index in [0.29, 0.717) is 6.42 Å². The molecule has 1 aromatic rings. The summed E-state index contributed by atoms with van der Waals surface area (Å²) < 4.78 is 11.6. The first-order chi connectivity index (χ1) is 7.49. The summed E-state index contributed by atoms with van der Waals surface area (Å²) in [5, 5.41) is 8.42. The van der Waals surface area contributed by atoms with E-state index in [2.05, 4.69) is 4.98 Å². The van der Waals surface area contributed by atoms with Gasteiger partial charge in [-0.1, -0.05) is 0 Å². The average Bonchev–Trinajstić information content (AvgIpc) is 2.26. The third-order valence-corrected chi connectivity index (χ3v) is 4.02. The summed E-state index contributed by atoms with van der Waals surface area (Å²) in [6.07, 6.45) is 3.40. The van der Waals surface area contributed by atoms with Gasteiger partial charge in [0.25, 0.3) is 0 Å². The van der Waals surface area contributed by atoms with Crippen molar-refractivity contribution in [2.75, 3.05) is 12.3 Å². The van der Waals surface area contributed by atoms with Crippen LogP contribution in [0.4, 0.5) is 0 Å². The van der Waals surface area contributed by atoms with Gasteiger partial charge in [-0.2, -0.15) is 0 Å². The maximum atomic E-state index is 11.6. The molecule has 6 heteroatoms. The number of aromatic nitrogens is 1. The van der Waals surface area contributed by atoms with Crippen molar-refractivity contribution in [3.05, 3.63) is 30.1 Å². The van der Waals surface area contributed by atoms with Crippen LogP contribution in [0.1, 0.15) is 12.0 Å². The number of hydrogen-bond donors (Lipinski definition) is 2. The Morgan fingerprint density at radius 2 is 1.94 bits per heavy atom. The minimum Gasteiger partial charge on any atom is -0.481 e. The van der Waals surface area contributed by atoms with Gasteiger partial charge in [-0.15, -0.1) is 0 Å². The number of aliphatic carboxylic acids is 1. The van der Waals surface area contributed by atoms with Crippen molar-refractivity contribution in [3.63, 3.8) is 0 Å². The summed E-state index contributed by atoms with van der Waals surface area (Å²) in [7, 11) is -3.31. The molecular weight excluding hydrogens is 229 g/mol. The van der Waals surface area contributed by atoms with Crippen LogP contribution in [0.5, 0.6) is 0 Å². The van der Waals surface area contributed by atoms with Gasteiger partial charge < -0.3 is 10.00 Å². The fraction of sp³-hybridized carbons (Fsp3) is 0.400. The van der Waals surface area contributed by atoms with Gasteiger partial charge in [0.2, 0.25) is 7.37 Å². The van der Waals surface area contributed by atoms with Gasteiger partial charge >= 0.3 is 5.97 Å². The first kappa shape index (κ1) is 12.9. The molecule has 0 aliphatic rings. The molecule has 0 aromatic carbocycles. The topological polar surface area (TPSA) is 87.5 Å². The van der Waals surface area contributed by atoms with E-state index in [1.807, 2.05) is 0 Å². The lowest BCUT2D eigenvalue weighted by molar-refractivity contribution is -0.136. The number of pyridine rings is 1. The number of rotatable bonds is 6. The predicted molar refractivity (Wildman–Crippen MR) is 59.8 cm³/mol. The monoisotopic (exact) mass is 243 g/mol. The molecule has 88 valence electrons. The highest BCUT2D eigenvalue weighted by Crippen LogP contribution is 2.41. The first-order valence-electron chi connectivity index (χ1n) is 4.91. The molecule has 0 saturated heterocycles. The highest BCUT2D eigenvalue weighted by molar-refractivity contribution is 7.58. The molecule has 0 aliphatic heterocycles. The van der Waals surface area contributed by atoms with E-state index in [0.717, 1.165) is 5.56 Å². The van der Waals surface area contributed by atoms with Crippen molar-refractivity contribution in [2.45, 2.75) is 12.8 Å². The van der Waals surface area contributed by atoms with E-state index >= 15 is 0 Å². The molecule has 0 aliphatic carbocycles. The van der Waals surface area contributed by atoms with Crippen molar-refractivity contribution in [2.24, 2.45) is 0 Å². The lowest BCUT2D eigenvalue weighted by atomic mass is 10.2. The number of carbonyl (C=O) groups is 1. The van der Waals surface area contributed by atoms with Gasteiger partial charge in [-0.25, -0.2) is 0 Å². The van der Waals surface area contributed by atoms with E-state index in [9.17, 15) is 14.3 Å². The summed E-state index contributed by atoms with van der Waals surface area (Å²) in [5.41, 5.74) is 0.930. The third kappa shape index (κ3) is 5.05. The van der Waals surface area contributed by atoms with E-state index in [-0.39, 0.29) is 18.7 Å². The van der Waals surface area contributed by atoms with Crippen LogP contribution in [0.25, 0.3) is 0 Å². The molecule has 1 aromatic heterocycles. The molecule has 0 spiro atoms. The SMILES string of the molecule is O=C(O)CCP(=O)(O)CCc1ccncc1. The quantitative estimate of drug-likeness (QED) is 0.737. The number of carboxylic acids is 1. The van der Waals surface area contributed by atoms with Crippen molar-refractivity contribution in [3.8, 4) is 0 Å². The molecule has 0 fully saturated rings. The summed E-state index contributed by atoms with van der Waals surface area (Å²) in [5.74, 6) is -1.04. The van der Waals surface area contributed by atoms with Crippen molar-refractivity contribution < 1.29 is 19.4 Å². The maximum Gasteiger partial charge on any atom is 0.303 e. The van der Waals surface area contributed by atoms with E-state index in [4.69, 9.17) is 5.11 Å². The van der Waals surface area contributed by atoms with Crippen molar-refractivity contribution in [1.29, 1.82) is 0 Å². The fourth-order valence-corrected chi connectivity index (χ4v) is 2.61. The van der Waals surface area contributed by atoms with Crippen molar-refractivity contribution in [1.82, 2.24) is 4.98 Å². The summed E-state index contributed by atoms with van der Waals surface area (Å²) >= 11 is 0. The Kier molecular flexibility index (Phi) is 4.65. The Bertz CT molecular complexity index is 393. The molecule has 0 amide bonds. The second-order valence-electron chi connectivity index (χ2n) is 3.54.